The van der Waals surface area contributed by atoms with Crippen LogP contribution in [0.25, 0.3) is 16.8 Å². The zero-order valence-corrected chi connectivity index (χ0v) is 16.9. The number of hydrogen-bond acceptors (Lipinski definition) is 4. The summed E-state index contributed by atoms with van der Waals surface area (Å²) in [7, 11) is 0. The summed E-state index contributed by atoms with van der Waals surface area (Å²) in [5.74, 6) is 0. The average Bonchev–Trinajstić information content (AvgIpc) is 3.06. The summed E-state index contributed by atoms with van der Waals surface area (Å²) < 4.78 is 1.10. The van der Waals surface area contributed by atoms with Crippen LogP contribution in [-0.4, -0.2) is 4.98 Å². The molecule has 0 saturated carbocycles. The first kappa shape index (κ1) is 17.6. The smallest absolute Gasteiger partial charge is 0.136 e. The highest BCUT2D eigenvalue weighted by molar-refractivity contribution is 14.1. The first-order valence-corrected chi connectivity index (χ1v) is 9.69. The van der Waals surface area contributed by atoms with Gasteiger partial charge in [0.25, 0.3) is 0 Å². The number of anilines is 1. The van der Waals surface area contributed by atoms with Crippen molar-refractivity contribution in [1.29, 1.82) is 5.26 Å². The highest BCUT2D eigenvalue weighted by Gasteiger charge is 2.11. The molecule has 0 fully saturated rings. The normalized spacial score (nSPS) is 11.2. The van der Waals surface area contributed by atoms with Crippen molar-refractivity contribution >= 4 is 45.2 Å². The van der Waals surface area contributed by atoms with Crippen LogP contribution in [-0.2, 0) is 0 Å². The van der Waals surface area contributed by atoms with Gasteiger partial charge in [-0.05, 0) is 54.1 Å². The minimum Gasteiger partial charge on any atom is -0.359 e. The quantitative estimate of drug-likeness (QED) is 0.386. The van der Waals surface area contributed by atoms with Gasteiger partial charge in [0.2, 0.25) is 0 Å². The monoisotopic (exact) mass is 457 g/mol. The zero-order valence-electron chi connectivity index (χ0n) is 13.9. The third-order valence-electron chi connectivity index (χ3n) is 3.76. The summed E-state index contributed by atoms with van der Waals surface area (Å²) in [6.07, 6.45) is 1.72. The average molecular weight is 457 g/mol. The Labute approximate surface area is 165 Å². The van der Waals surface area contributed by atoms with Gasteiger partial charge in [-0.3, -0.25) is 0 Å². The summed E-state index contributed by atoms with van der Waals surface area (Å²) in [6, 6.07) is 16.5. The Kier molecular flexibility index (Phi) is 5.51. The third kappa shape index (κ3) is 4.09. The number of nitriles is 1. The van der Waals surface area contributed by atoms with Gasteiger partial charge < -0.3 is 5.32 Å². The largest absolute Gasteiger partial charge is 0.359 e. The van der Waals surface area contributed by atoms with Gasteiger partial charge in [0.05, 0.1) is 11.4 Å². The number of aromatic nitrogens is 1. The number of benzene rings is 2. The molecule has 3 rings (SSSR count). The Morgan fingerprint density at radius 1 is 1.24 bits per heavy atom. The van der Waals surface area contributed by atoms with Crippen molar-refractivity contribution in [2.75, 3.05) is 5.32 Å². The fourth-order valence-corrected chi connectivity index (χ4v) is 3.82. The van der Waals surface area contributed by atoms with Crippen molar-refractivity contribution < 1.29 is 0 Å². The number of aryl methyl sites for hydroxylation is 2. The van der Waals surface area contributed by atoms with E-state index in [1.54, 1.807) is 6.20 Å². The van der Waals surface area contributed by atoms with E-state index in [2.05, 4.69) is 71.0 Å². The second-order valence-electron chi connectivity index (χ2n) is 5.65. The lowest BCUT2D eigenvalue weighted by Gasteiger charge is -2.04. The van der Waals surface area contributed by atoms with Crippen LogP contribution in [0.5, 0.6) is 0 Å². The molecule has 0 aliphatic carbocycles. The van der Waals surface area contributed by atoms with Crippen molar-refractivity contribution in [2.24, 2.45) is 0 Å². The van der Waals surface area contributed by atoms with Gasteiger partial charge in [-0.25, -0.2) is 4.98 Å². The summed E-state index contributed by atoms with van der Waals surface area (Å²) in [4.78, 5) is 4.66. The van der Waals surface area contributed by atoms with E-state index in [0.29, 0.717) is 5.57 Å². The Morgan fingerprint density at radius 2 is 2.04 bits per heavy atom. The number of rotatable bonds is 4. The standard InChI is InChI=1S/C20H16IN3S/c1-13-7-8-16(14(2)9-13)19-12-25-20(24-19)15(10-22)11-23-18-6-4-3-5-17(18)21/h3-9,11-12,23H,1-2H3. The number of nitrogens with one attached hydrogen (secondary N) is 1. The van der Waals surface area contributed by atoms with E-state index in [0.717, 1.165) is 25.5 Å². The van der Waals surface area contributed by atoms with E-state index in [1.165, 1.54) is 22.5 Å². The zero-order chi connectivity index (χ0) is 17.8. The number of hydrogen-bond donors (Lipinski definition) is 1. The van der Waals surface area contributed by atoms with Gasteiger partial charge in [0.1, 0.15) is 16.6 Å². The predicted octanol–water partition coefficient (Wildman–Crippen LogP) is 6.01. The molecule has 1 N–H and O–H groups in total. The van der Waals surface area contributed by atoms with Crippen molar-refractivity contribution in [3.8, 4) is 17.3 Å². The SMILES string of the molecule is Cc1ccc(-c2csc(C(C#N)=CNc3ccccc3I)n2)c(C)c1. The molecule has 1 aromatic heterocycles. The lowest BCUT2D eigenvalue weighted by molar-refractivity contribution is 1.32. The van der Waals surface area contributed by atoms with Crippen molar-refractivity contribution in [2.45, 2.75) is 13.8 Å². The molecule has 3 nitrogen and oxygen atoms in total. The molecule has 0 radical (unpaired) electrons. The third-order valence-corrected chi connectivity index (χ3v) is 5.58. The molecule has 0 saturated heterocycles. The number of thiazole rings is 1. The first-order valence-electron chi connectivity index (χ1n) is 7.73. The molecule has 25 heavy (non-hydrogen) atoms. The molecule has 0 amide bonds. The van der Waals surface area contributed by atoms with Crippen LogP contribution in [0.2, 0.25) is 0 Å². The molecule has 2 aromatic carbocycles. The summed E-state index contributed by atoms with van der Waals surface area (Å²) in [6.45, 7) is 4.16. The van der Waals surface area contributed by atoms with Gasteiger partial charge in [0.15, 0.2) is 0 Å². The Balaban J connectivity index is 1.88. The van der Waals surface area contributed by atoms with Gasteiger partial charge in [-0.15, -0.1) is 11.3 Å². The second kappa shape index (κ2) is 7.81. The molecule has 124 valence electrons. The highest BCUT2D eigenvalue weighted by Crippen LogP contribution is 2.29. The van der Waals surface area contributed by atoms with E-state index >= 15 is 0 Å². The minimum absolute atomic E-state index is 0.528. The lowest BCUT2D eigenvalue weighted by Crippen LogP contribution is -1.93. The molecule has 0 aliphatic heterocycles. The van der Waals surface area contributed by atoms with E-state index in [4.69, 9.17) is 0 Å². The molecule has 5 heteroatoms. The highest BCUT2D eigenvalue weighted by atomic mass is 127. The summed E-state index contributed by atoms with van der Waals surface area (Å²) in [5.41, 5.74) is 5.94. The van der Waals surface area contributed by atoms with Gasteiger partial charge >= 0.3 is 0 Å². The molecule has 0 spiro atoms. The maximum Gasteiger partial charge on any atom is 0.136 e. The van der Waals surface area contributed by atoms with Crippen LogP contribution in [0, 0.1) is 28.7 Å². The number of para-hydroxylation sites is 1. The van der Waals surface area contributed by atoms with Gasteiger partial charge in [-0.1, -0.05) is 35.9 Å². The van der Waals surface area contributed by atoms with Crippen LogP contribution in [0.15, 0.2) is 54.0 Å². The van der Waals surface area contributed by atoms with Gasteiger partial charge in [0, 0.05) is 20.7 Å². The summed E-state index contributed by atoms with van der Waals surface area (Å²) >= 11 is 3.75. The van der Waals surface area contributed by atoms with Crippen LogP contribution in [0.4, 0.5) is 5.69 Å². The Morgan fingerprint density at radius 3 is 2.76 bits per heavy atom. The fourth-order valence-electron chi connectivity index (χ4n) is 2.49. The van der Waals surface area contributed by atoms with E-state index in [-0.39, 0.29) is 0 Å². The molecule has 0 bridgehead atoms. The second-order valence-corrected chi connectivity index (χ2v) is 7.67. The Bertz CT molecular complexity index is 983. The van der Waals surface area contributed by atoms with E-state index in [1.807, 2.05) is 29.6 Å². The van der Waals surface area contributed by atoms with Crippen molar-refractivity contribution in [1.82, 2.24) is 4.98 Å². The van der Waals surface area contributed by atoms with Crippen LogP contribution in [0.3, 0.4) is 0 Å². The fraction of sp³-hybridized carbons (Fsp3) is 0.100. The molecular formula is C20H16IN3S. The topological polar surface area (TPSA) is 48.7 Å². The molecule has 0 aliphatic rings. The van der Waals surface area contributed by atoms with E-state index < -0.39 is 0 Å². The van der Waals surface area contributed by atoms with Crippen molar-refractivity contribution in [3.63, 3.8) is 0 Å². The molecule has 3 aromatic rings. The molecule has 0 atom stereocenters. The van der Waals surface area contributed by atoms with Crippen LogP contribution in [0.1, 0.15) is 16.1 Å². The number of nitrogens with zero attached hydrogens (tertiary/aromatic N) is 2. The summed E-state index contributed by atoms with van der Waals surface area (Å²) in [5, 5.41) is 15.4. The maximum atomic E-state index is 9.50. The lowest BCUT2D eigenvalue weighted by atomic mass is 10.0. The Hall–Kier alpha value is -2.17. The van der Waals surface area contributed by atoms with Crippen molar-refractivity contribution in [3.05, 3.63) is 73.7 Å². The van der Waals surface area contributed by atoms with Gasteiger partial charge in [-0.2, -0.15) is 5.26 Å². The number of allylic oxidation sites excluding steroid dienone is 1. The first-order chi connectivity index (χ1) is 12.1. The maximum absolute atomic E-state index is 9.50. The van der Waals surface area contributed by atoms with E-state index in [9.17, 15) is 5.26 Å². The number of halogens is 1. The minimum atomic E-state index is 0.528. The molecule has 1 heterocycles. The molecule has 0 unspecified atom stereocenters. The predicted molar refractivity (Wildman–Crippen MR) is 113 cm³/mol. The van der Waals surface area contributed by atoms with Crippen LogP contribution >= 0.6 is 33.9 Å². The van der Waals surface area contributed by atoms with Crippen LogP contribution < -0.4 is 5.32 Å². The molecular weight excluding hydrogens is 441 g/mol.